The molecular weight excluding hydrogens is 678 g/mol. The van der Waals surface area contributed by atoms with Crippen LogP contribution >= 0.6 is 0 Å². The van der Waals surface area contributed by atoms with Crippen LogP contribution in [0, 0.1) is 13.8 Å². The maximum atomic E-state index is 13.6. The summed E-state index contributed by atoms with van der Waals surface area (Å²) in [7, 11) is 1.86. The fourth-order valence-electron chi connectivity index (χ4n) is 6.04. The lowest BCUT2D eigenvalue weighted by Crippen LogP contribution is -2.20. The topological polar surface area (TPSA) is 207 Å². The molecule has 53 heavy (non-hydrogen) atoms. The number of fused-ring (bicyclic) bond motifs is 2. The zero-order chi connectivity index (χ0) is 37.6. The smallest absolute Gasteiger partial charge is 0.276 e. The summed E-state index contributed by atoms with van der Waals surface area (Å²) in [5, 5.41) is 17.8. The lowest BCUT2D eigenvalue weighted by Gasteiger charge is -2.13. The lowest BCUT2D eigenvalue weighted by atomic mass is 10.1. The maximum Gasteiger partial charge on any atom is 0.276 e. The van der Waals surface area contributed by atoms with E-state index in [-0.39, 0.29) is 24.0 Å². The van der Waals surface area contributed by atoms with Gasteiger partial charge in [0.05, 0.1) is 23.5 Å². The number of primary amides is 1. The maximum absolute atomic E-state index is 13.6. The van der Waals surface area contributed by atoms with Gasteiger partial charge in [-0.2, -0.15) is 10.2 Å². The molecule has 0 radical (unpaired) electrons. The van der Waals surface area contributed by atoms with Gasteiger partial charge in [0, 0.05) is 37.9 Å². The number of ether oxygens (including phenoxy) is 1. The molecule has 0 unspecified atom stereocenters. The van der Waals surface area contributed by atoms with E-state index in [2.05, 4.69) is 36.1 Å². The standard InChI is InChI=1S/C36H43N13O4/c1-6-48-27(18-22(3)44-48)33(51)42-35-41-26-20-24(31(37)50)21-29(53-17-11-13-38-5)30(26)46(35)15-8-9-16-47-32-25(12-10-14-39-32)40-36(47)43-34(52)28-19-23(4)45-49(28)7-2/h8-10,12,14,18-21,38H,6-7,11,13,15-17H2,1-5H3,(H2,37,50)(H,40,43,52)(H,41,42,51)/b9-8+. The van der Waals surface area contributed by atoms with E-state index in [1.807, 2.05) is 62.1 Å². The van der Waals surface area contributed by atoms with E-state index >= 15 is 0 Å². The third kappa shape index (κ3) is 7.79. The van der Waals surface area contributed by atoms with Gasteiger partial charge >= 0.3 is 0 Å². The van der Waals surface area contributed by atoms with E-state index < -0.39 is 11.8 Å². The first kappa shape index (κ1) is 36.4. The largest absolute Gasteiger partial charge is 0.491 e. The van der Waals surface area contributed by atoms with Gasteiger partial charge in [0.25, 0.3) is 11.8 Å². The fraction of sp³-hybridized carbons (Fsp3) is 0.333. The Bertz CT molecular complexity index is 2330. The summed E-state index contributed by atoms with van der Waals surface area (Å²) in [6.07, 6.45) is 6.19. The molecule has 17 heteroatoms. The van der Waals surface area contributed by atoms with Crippen molar-refractivity contribution in [3.05, 3.63) is 83.1 Å². The van der Waals surface area contributed by atoms with Gasteiger partial charge in [-0.25, -0.2) is 15.0 Å². The van der Waals surface area contributed by atoms with Crippen molar-refractivity contribution in [1.82, 2.24) is 49.0 Å². The number of allylic oxidation sites excluding steroid dienone is 2. The molecule has 3 amide bonds. The first-order valence-corrected chi connectivity index (χ1v) is 17.4. The third-order valence-corrected chi connectivity index (χ3v) is 8.49. The zero-order valence-corrected chi connectivity index (χ0v) is 30.4. The summed E-state index contributed by atoms with van der Waals surface area (Å²) in [6, 6.07) is 10.2. The molecule has 0 saturated carbocycles. The Morgan fingerprint density at radius 2 is 1.45 bits per heavy atom. The molecule has 0 saturated heterocycles. The molecule has 17 nitrogen and oxygen atoms in total. The van der Waals surface area contributed by atoms with Gasteiger partial charge in [-0.05, 0) is 84.1 Å². The number of benzene rings is 1. The first-order chi connectivity index (χ1) is 25.6. The number of nitrogens with zero attached hydrogens (tertiary/aromatic N) is 9. The molecule has 0 fully saturated rings. The summed E-state index contributed by atoms with van der Waals surface area (Å²) < 4.78 is 13.1. The predicted octanol–water partition coefficient (Wildman–Crippen LogP) is 3.68. The molecule has 0 aliphatic rings. The van der Waals surface area contributed by atoms with Crippen LogP contribution in [0.15, 0.2) is 54.7 Å². The number of amides is 3. The molecule has 276 valence electrons. The molecular formula is C36H43N13O4. The van der Waals surface area contributed by atoms with E-state index in [0.717, 1.165) is 12.2 Å². The zero-order valence-electron chi connectivity index (χ0n) is 30.4. The average Bonchev–Trinajstić information content (AvgIpc) is 3.90. The Morgan fingerprint density at radius 1 is 0.849 bits per heavy atom. The fourth-order valence-corrected chi connectivity index (χ4v) is 6.04. The van der Waals surface area contributed by atoms with Crippen LogP contribution in [0.4, 0.5) is 11.9 Å². The van der Waals surface area contributed by atoms with Gasteiger partial charge in [-0.3, -0.25) is 38.9 Å². The van der Waals surface area contributed by atoms with Crippen molar-refractivity contribution in [3.63, 3.8) is 0 Å². The number of imidazole rings is 2. The summed E-state index contributed by atoms with van der Waals surface area (Å²) >= 11 is 0. The highest BCUT2D eigenvalue weighted by Gasteiger charge is 2.22. The van der Waals surface area contributed by atoms with Gasteiger partial charge in [-0.15, -0.1) is 0 Å². The summed E-state index contributed by atoms with van der Waals surface area (Å²) in [6.45, 7) is 10.2. The van der Waals surface area contributed by atoms with Crippen LogP contribution < -0.4 is 26.4 Å². The highest BCUT2D eigenvalue weighted by atomic mass is 16.5. The number of carbonyl (C=O) groups excluding carboxylic acids is 3. The van der Waals surface area contributed by atoms with Gasteiger partial charge in [-0.1, -0.05) is 12.2 Å². The quantitative estimate of drug-likeness (QED) is 0.0842. The van der Waals surface area contributed by atoms with Crippen molar-refractivity contribution in [1.29, 1.82) is 0 Å². The Balaban J connectivity index is 1.35. The van der Waals surface area contributed by atoms with E-state index in [9.17, 15) is 14.4 Å². The van der Waals surface area contributed by atoms with Gasteiger partial charge in [0.1, 0.15) is 28.2 Å². The van der Waals surface area contributed by atoms with E-state index in [0.29, 0.717) is 83.6 Å². The van der Waals surface area contributed by atoms with Gasteiger partial charge in [0.15, 0.2) is 5.65 Å². The van der Waals surface area contributed by atoms with Crippen molar-refractivity contribution in [2.45, 2.75) is 60.3 Å². The number of carbonyl (C=O) groups is 3. The average molecular weight is 722 g/mol. The van der Waals surface area contributed by atoms with Gasteiger partial charge < -0.3 is 20.4 Å². The molecule has 6 aromatic rings. The predicted molar refractivity (Wildman–Crippen MR) is 200 cm³/mol. The van der Waals surface area contributed by atoms with Crippen LogP contribution in [-0.2, 0) is 26.2 Å². The number of pyridine rings is 1. The van der Waals surface area contributed by atoms with Crippen molar-refractivity contribution in [3.8, 4) is 5.75 Å². The normalized spacial score (nSPS) is 11.6. The molecule has 0 spiro atoms. The van der Waals surface area contributed by atoms with Crippen molar-refractivity contribution in [2.75, 3.05) is 30.8 Å². The third-order valence-electron chi connectivity index (χ3n) is 8.49. The summed E-state index contributed by atoms with van der Waals surface area (Å²) in [5.41, 5.74) is 10.4. The first-order valence-electron chi connectivity index (χ1n) is 17.4. The molecule has 0 aliphatic carbocycles. The second-order valence-corrected chi connectivity index (χ2v) is 12.3. The number of nitrogens with one attached hydrogen (secondary N) is 3. The van der Waals surface area contributed by atoms with Crippen molar-refractivity contribution in [2.24, 2.45) is 5.73 Å². The minimum atomic E-state index is -0.632. The Labute approximate surface area is 305 Å². The number of rotatable bonds is 16. The van der Waals surface area contributed by atoms with Crippen LogP contribution in [0.2, 0.25) is 0 Å². The van der Waals surface area contributed by atoms with E-state index in [4.69, 9.17) is 15.5 Å². The summed E-state index contributed by atoms with van der Waals surface area (Å²) in [4.78, 5) is 53.2. The number of anilines is 2. The monoisotopic (exact) mass is 721 g/mol. The highest BCUT2D eigenvalue weighted by molar-refractivity contribution is 6.04. The van der Waals surface area contributed by atoms with Crippen LogP contribution in [-0.4, -0.2) is 81.6 Å². The van der Waals surface area contributed by atoms with Crippen LogP contribution in [0.1, 0.15) is 63.0 Å². The Morgan fingerprint density at radius 3 is 2.06 bits per heavy atom. The minimum Gasteiger partial charge on any atom is -0.491 e. The highest BCUT2D eigenvalue weighted by Crippen LogP contribution is 2.31. The Kier molecular flexibility index (Phi) is 10.9. The number of nitrogens with two attached hydrogens (primary N) is 1. The molecule has 6 rings (SSSR count). The number of hydrogen-bond donors (Lipinski definition) is 4. The minimum absolute atomic E-state index is 0.227. The van der Waals surface area contributed by atoms with Crippen LogP contribution in [0.5, 0.6) is 5.75 Å². The number of aromatic nitrogens is 9. The van der Waals surface area contributed by atoms with Gasteiger partial charge in [0.2, 0.25) is 17.8 Å². The summed E-state index contributed by atoms with van der Waals surface area (Å²) in [5.74, 6) is -0.392. The molecule has 0 aliphatic heterocycles. The molecule has 5 heterocycles. The second kappa shape index (κ2) is 15.9. The molecule has 1 aromatic carbocycles. The SMILES string of the molecule is CCn1nc(C)cc1C(=O)Nc1nc2cccnc2n1C/C=C/Cn1c(NC(=O)c2cc(C)nn2CC)nc2cc(C(N)=O)cc(OCCCNC)c21. The van der Waals surface area contributed by atoms with Crippen LogP contribution in [0.25, 0.3) is 22.2 Å². The molecule has 5 N–H and O–H groups in total. The van der Waals surface area contributed by atoms with Crippen molar-refractivity contribution < 1.29 is 19.1 Å². The molecule has 0 atom stereocenters. The van der Waals surface area contributed by atoms with E-state index in [1.165, 1.54) is 0 Å². The lowest BCUT2D eigenvalue weighted by molar-refractivity contribution is 0.0994. The Hall–Kier alpha value is -6.36. The molecule has 5 aromatic heterocycles. The number of hydrogen-bond acceptors (Lipinski definition) is 10. The van der Waals surface area contributed by atoms with Crippen molar-refractivity contribution >= 4 is 51.8 Å². The van der Waals surface area contributed by atoms with E-state index in [1.54, 1.807) is 45.9 Å². The second-order valence-electron chi connectivity index (χ2n) is 12.3. The molecule has 0 bridgehead atoms. The number of aryl methyl sites for hydroxylation is 4. The van der Waals surface area contributed by atoms with Crippen LogP contribution in [0.3, 0.4) is 0 Å².